The molecule has 114 valence electrons. The SMILES string of the molecule is COc1ccc2c(c1)CN1CCCc3ccccc3C1N2C. The van der Waals surface area contributed by atoms with Crippen molar-refractivity contribution in [2.24, 2.45) is 0 Å². The van der Waals surface area contributed by atoms with Crippen molar-refractivity contribution in [1.82, 2.24) is 4.90 Å². The van der Waals surface area contributed by atoms with Gasteiger partial charge in [0.15, 0.2) is 0 Å². The number of fused-ring (bicyclic) bond motifs is 4. The minimum atomic E-state index is 0.347. The van der Waals surface area contributed by atoms with Crippen LogP contribution in [0.2, 0.25) is 0 Å². The summed E-state index contributed by atoms with van der Waals surface area (Å²) in [5.41, 5.74) is 5.64. The van der Waals surface area contributed by atoms with Crippen molar-refractivity contribution in [3.05, 3.63) is 59.2 Å². The largest absolute Gasteiger partial charge is 0.497 e. The van der Waals surface area contributed by atoms with E-state index in [1.165, 1.54) is 35.2 Å². The van der Waals surface area contributed by atoms with Gasteiger partial charge in [0.25, 0.3) is 0 Å². The van der Waals surface area contributed by atoms with Crippen molar-refractivity contribution in [1.29, 1.82) is 0 Å². The molecule has 3 heteroatoms. The summed E-state index contributed by atoms with van der Waals surface area (Å²) in [4.78, 5) is 5.01. The van der Waals surface area contributed by atoms with Gasteiger partial charge in [-0.25, -0.2) is 0 Å². The average Bonchev–Trinajstić information content (AvgIpc) is 2.73. The zero-order valence-corrected chi connectivity index (χ0v) is 13.2. The lowest BCUT2D eigenvalue weighted by atomic mass is 9.99. The Morgan fingerprint density at radius 3 is 2.82 bits per heavy atom. The van der Waals surface area contributed by atoms with Crippen LogP contribution in [0.4, 0.5) is 5.69 Å². The number of benzene rings is 2. The smallest absolute Gasteiger partial charge is 0.119 e. The van der Waals surface area contributed by atoms with Crippen molar-refractivity contribution in [2.45, 2.75) is 25.6 Å². The highest BCUT2D eigenvalue weighted by molar-refractivity contribution is 5.59. The lowest BCUT2D eigenvalue weighted by molar-refractivity contribution is 0.179. The second-order valence-electron chi connectivity index (χ2n) is 6.25. The normalized spacial score (nSPS) is 20.6. The fourth-order valence-corrected chi connectivity index (χ4v) is 3.93. The summed E-state index contributed by atoms with van der Waals surface area (Å²) in [6, 6.07) is 15.3. The molecule has 2 aliphatic heterocycles. The van der Waals surface area contributed by atoms with Gasteiger partial charge in [0.1, 0.15) is 11.9 Å². The molecule has 0 amide bonds. The molecule has 0 aliphatic carbocycles. The highest BCUT2D eigenvalue weighted by atomic mass is 16.5. The summed E-state index contributed by atoms with van der Waals surface area (Å²) < 4.78 is 5.40. The summed E-state index contributed by atoms with van der Waals surface area (Å²) in [5, 5.41) is 0. The van der Waals surface area contributed by atoms with Crippen LogP contribution in [0.15, 0.2) is 42.5 Å². The maximum Gasteiger partial charge on any atom is 0.119 e. The van der Waals surface area contributed by atoms with Crippen LogP contribution < -0.4 is 9.64 Å². The van der Waals surface area contributed by atoms with E-state index in [4.69, 9.17) is 4.74 Å². The molecule has 0 saturated carbocycles. The third kappa shape index (κ3) is 2.08. The first-order chi connectivity index (χ1) is 10.8. The molecule has 2 heterocycles. The molecule has 22 heavy (non-hydrogen) atoms. The lowest BCUT2D eigenvalue weighted by Gasteiger charge is -2.44. The molecule has 0 N–H and O–H groups in total. The van der Waals surface area contributed by atoms with Crippen LogP contribution in [0.1, 0.15) is 29.3 Å². The minimum Gasteiger partial charge on any atom is -0.497 e. The van der Waals surface area contributed by atoms with Crippen molar-refractivity contribution in [2.75, 3.05) is 25.6 Å². The Morgan fingerprint density at radius 2 is 1.95 bits per heavy atom. The minimum absolute atomic E-state index is 0.347. The topological polar surface area (TPSA) is 15.7 Å². The summed E-state index contributed by atoms with van der Waals surface area (Å²) in [6.45, 7) is 2.14. The number of nitrogens with zero attached hydrogens (tertiary/aromatic N) is 2. The lowest BCUT2D eigenvalue weighted by Crippen LogP contribution is -2.43. The second-order valence-corrected chi connectivity index (χ2v) is 6.25. The Bertz CT molecular complexity index is 698. The standard InChI is InChI=1S/C19H22N2O/c1-20-18-10-9-16(22-2)12-15(18)13-21-11-5-7-14-6-3-4-8-17(14)19(20)21/h3-4,6,8-10,12,19H,5,7,11,13H2,1-2H3. The molecule has 1 unspecified atom stereocenters. The zero-order valence-electron chi connectivity index (χ0n) is 13.2. The van der Waals surface area contributed by atoms with Gasteiger partial charge in [-0.2, -0.15) is 0 Å². The molecule has 2 aromatic rings. The van der Waals surface area contributed by atoms with Crippen LogP contribution in [-0.4, -0.2) is 25.6 Å². The van der Waals surface area contributed by atoms with Crippen molar-refractivity contribution in [3.8, 4) is 5.75 Å². The van der Waals surface area contributed by atoms with Crippen LogP contribution in [0, 0.1) is 0 Å². The van der Waals surface area contributed by atoms with Gasteiger partial charge in [-0.05, 0) is 47.7 Å². The zero-order chi connectivity index (χ0) is 15.1. The molecule has 0 aromatic heterocycles. The quantitative estimate of drug-likeness (QED) is 0.799. The number of rotatable bonds is 1. The van der Waals surface area contributed by atoms with Crippen molar-refractivity contribution >= 4 is 5.69 Å². The average molecular weight is 294 g/mol. The van der Waals surface area contributed by atoms with Gasteiger partial charge in [-0.15, -0.1) is 0 Å². The first-order valence-electron chi connectivity index (χ1n) is 7.99. The third-order valence-corrected chi connectivity index (χ3v) is 4.98. The van der Waals surface area contributed by atoms with Gasteiger partial charge in [0.05, 0.1) is 7.11 Å². The Hall–Kier alpha value is -2.00. The van der Waals surface area contributed by atoms with Crippen LogP contribution in [0.25, 0.3) is 0 Å². The maximum atomic E-state index is 5.40. The Labute approximate surface area is 132 Å². The predicted octanol–water partition coefficient (Wildman–Crippen LogP) is 3.59. The highest BCUT2D eigenvalue weighted by Gasteiger charge is 2.33. The molecule has 0 fully saturated rings. The maximum absolute atomic E-state index is 5.40. The van der Waals surface area contributed by atoms with Crippen molar-refractivity contribution < 1.29 is 4.74 Å². The molecule has 3 nitrogen and oxygen atoms in total. The predicted molar refractivity (Wildman–Crippen MR) is 89.3 cm³/mol. The van der Waals surface area contributed by atoms with Crippen LogP contribution in [0.5, 0.6) is 5.75 Å². The molecule has 2 aromatic carbocycles. The van der Waals surface area contributed by atoms with Gasteiger partial charge in [0, 0.05) is 25.8 Å². The highest BCUT2D eigenvalue weighted by Crippen LogP contribution is 2.41. The van der Waals surface area contributed by atoms with Crippen LogP contribution in [0.3, 0.4) is 0 Å². The van der Waals surface area contributed by atoms with Gasteiger partial charge in [0.2, 0.25) is 0 Å². The summed E-state index contributed by atoms with van der Waals surface area (Å²) in [7, 11) is 3.95. The molecular formula is C19H22N2O. The van der Waals surface area contributed by atoms with Crippen LogP contribution >= 0.6 is 0 Å². The Kier molecular flexibility index (Phi) is 3.30. The first kappa shape index (κ1) is 13.6. The molecule has 1 atom stereocenters. The van der Waals surface area contributed by atoms with Crippen molar-refractivity contribution in [3.63, 3.8) is 0 Å². The Balaban J connectivity index is 1.81. The third-order valence-electron chi connectivity index (χ3n) is 4.98. The summed E-state index contributed by atoms with van der Waals surface area (Å²) >= 11 is 0. The number of aryl methyl sites for hydroxylation is 1. The van der Waals surface area contributed by atoms with Crippen LogP contribution in [-0.2, 0) is 13.0 Å². The van der Waals surface area contributed by atoms with E-state index in [2.05, 4.69) is 59.3 Å². The number of hydrogen-bond donors (Lipinski definition) is 0. The van der Waals surface area contributed by atoms with Gasteiger partial charge in [-0.1, -0.05) is 24.3 Å². The van der Waals surface area contributed by atoms with Gasteiger partial charge < -0.3 is 9.64 Å². The number of methoxy groups -OCH3 is 1. The Morgan fingerprint density at radius 1 is 1.09 bits per heavy atom. The van der Waals surface area contributed by atoms with E-state index in [1.54, 1.807) is 7.11 Å². The second kappa shape index (κ2) is 5.33. The van der Waals surface area contributed by atoms with E-state index in [1.807, 2.05) is 0 Å². The molecule has 0 bridgehead atoms. The molecule has 0 saturated heterocycles. The molecule has 4 rings (SSSR count). The first-order valence-corrected chi connectivity index (χ1v) is 7.99. The van der Waals surface area contributed by atoms with E-state index in [0.29, 0.717) is 6.17 Å². The van der Waals surface area contributed by atoms with E-state index >= 15 is 0 Å². The monoisotopic (exact) mass is 294 g/mol. The van der Waals surface area contributed by atoms with Gasteiger partial charge >= 0.3 is 0 Å². The van der Waals surface area contributed by atoms with E-state index in [0.717, 1.165) is 18.8 Å². The molecule has 0 radical (unpaired) electrons. The van der Waals surface area contributed by atoms with E-state index < -0.39 is 0 Å². The number of anilines is 1. The van der Waals surface area contributed by atoms with E-state index in [9.17, 15) is 0 Å². The molecule has 0 spiro atoms. The molecular weight excluding hydrogens is 272 g/mol. The number of ether oxygens (including phenoxy) is 1. The fourth-order valence-electron chi connectivity index (χ4n) is 3.93. The van der Waals surface area contributed by atoms with E-state index in [-0.39, 0.29) is 0 Å². The fraction of sp³-hybridized carbons (Fsp3) is 0.368. The summed E-state index contributed by atoms with van der Waals surface area (Å²) in [6.07, 6.45) is 2.75. The summed E-state index contributed by atoms with van der Waals surface area (Å²) in [5.74, 6) is 0.945. The molecule has 2 aliphatic rings. The van der Waals surface area contributed by atoms with Gasteiger partial charge in [-0.3, -0.25) is 4.90 Å². The number of hydrogen-bond acceptors (Lipinski definition) is 3.